The van der Waals surface area contributed by atoms with Crippen molar-refractivity contribution in [1.29, 1.82) is 0 Å². The van der Waals surface area contributed by atoms with Crippen LogP contribution in [-0.2, 0) is 9.59 Å². The Morgan fingerprint density at radius 3 is 2.29 bits per heavy atom. The Morgan fingerprint density at radius 2 is 1.93 bits per heavy atom. The SMILES string of the molecule is CC(=O)CC(=O)N[C@H](CO)CC(C)C. The average Bonchev–Trinajstić information content (AvgIpc) is 2.00. The summed E-state index contributed by atoms with van der Waals surface area (Å²) < 4.78 is 0. The molecule has 0 spiro atoms. The van der Waals surface area contributed by atoms with Crippen molar-refractivity contribution in [2.24, 2.45) is 5.92 Å². The van der Waals surface area contributed by atoms with Crippen molar-refractivity contribution in [3.8, 4) is 0 Å². The molecule has 0 unspecified atom stereocenters. The van der Waals surface area contributed by atoms with Gasteiger partial charge in [-0.15, -0.1) is 0 Å². The number of carbonyl (C=O) groups is 2. The number of aliphatic hydroxyl groups excluding tert-OH is 1. The van der Waals surface area contributed by atoms with Crippen LogP contribution in [0.5, 0.6) is 0 Å². The van der Waals surface area contributed by atoms with Gasteiger partial charge in [0.2, 0.25) is 5.91 Å². The van der Waals surface area contributed by atoms with E-state index in [2.05, 4.69) is 5.32 Å². The first-order valence-corrected chi connectivity index (χ1v) is 4.85. The van der Waals surface area contributed by atoms with Gasteiger partial charge in [-0.1, -0.05) is 13.8 Å². The normalized spacial score (nSPS) is 12.6. The van der Waals surface area contributed by atoms with Crippen LogP contribution in [0.25, 0.3) is 0 Å². The third kappa shape index (κ3) is 6.60. The maximum absolute atomic E-state index is 11.2. The second kappa shape index (κ2) is 6.54. The van der Waals surface area contributed by atoms with Gasteiger partial charge in [0.05, 0.1) is 19.1 Å². The molecule has 0 aromatic heterocycles. The highest BCUT2D eigenvalue weighted by atomic mass is 16.3. The van der Waals surface area contributed by atoms with Gasteiger partial charge in [0.15, 0.2) is 0 Å². The van der Waals surface area contributed by atoms with E-state index in [-0.39, 0.29) is 30.8 Å². The van der Waals surface area contributed by atoms with Gasteiger partial charge in [0, 0.05) is 0 Å². The first-order valence-electron chi connectivity index (χ1n) is 4.85. The molecule has 4 heteroatoms. The van der Waals surface area contributed by atoms with Crippen LogP contribution in [0.3, 0.4) is 0 Å². The second-order valence-electron chi connectivity index (χ2n) is 3.96. The van der Waals surface area contributed by atoms with Gasteiger partial charge in [-0.05, 0) is 19.3 Å². The van der Waals surface area contributed by atoms with E-state index in [1.54, 1.807) is 0 Å². The Hall–Kier alpha value is -0.900. The Bertz CT molecular complexity index is 202. The summed E-state index contributed by atoms with van der Waals surface area (Å²) in [4.78, 5) is 21.8. The molecule has 0 radical (unpaired) electrons. The quantitative estimate of drug-likeness (QED) is 0.614. The number of hydrogen-bond donors (Lipinski definition) is 2. The molecular weight excluding hydrogens is 182 g/mol. The smallest absolute Gasteiger partial charge is 0.227 e. The summed E-state index contributed by atoms with van der Waals surface area (Å²) in [6.07, 6.45) is 0.620. The Balaban J connectivity index is 3.92. The highest BCUT2D eigenvalue weighted by molar-refractivity contribution is 5.96. The summed E-state index contributed by atoms with van der Waals surface area (Å²) in [7, 11) is 0. The Kier molecular flexibility index (Phi) is 6.12. The van der Waals surface area contributed by atoms with E-state index in [1.807, 2.05) is 13.8 Å². The van der Waals surface area contributed by atoms with Gasteiger partial charge >= 0.3 is 0 Å². The molecule has 0 bridgehead atoms. The molecule has 0 heterocycles. The lowest BCUT2D eigenvalue weighted by molar-refractivity contribution is -0.127. The molecule has 0 aliphatic heterocycles. The fraction of sp³-hybridized carbons (Fsp3) is 0.800. The van der Waals surface area contributed by atoms with Crippen LogP contribution in [0.4, 0.5) is 0 Å². The van der Waals surface area contributed by atoms with Gasteiger partial charge in [0.25, 0.3) is 0 Å². The van der Waals surface area contributed by atoms with Crippen LogP contribution in [0.15, 0.2) is 0 Å². The first-order chi connectivity index (χ1) is 6.45. The molecule has 2 N–H and O–H groups in total. The van der Waals surface area contributed by atoms with E-state index in [0.717, 1.165) is 6.42 Å². The molecular formula is C10H19NO3. The maximum Gasteiger partial charge on any atom is 0.227 e. The molecule has 82 valence electrons. The molecule has 0 aromatic carbocycles. The van der Waals surface area contributed by atoms with Crippen LogP contribution in [-0.4, -0.2) is 29.4 Å². The minimum absolute atomic E-state index is 0.0815. The maximum atomic E-state index is 11.2. The summed E-state index contributed by atoms with van der Waals surface area (Å²) in [5, 5.41) is 11.6. The minimum Gasteiger partial charge on any atom is -0.394 e. The zero-order valence-corrected chi connectivity index (χ0v) is 9.04. The van der Waals surface area contributed by atoms with Crippen molar-refractivity contribution in [3.63, 3.8) is 0 Å². The number of Topliss-reactive ketones (excluding diaryl/α,β-unsaturated/α-hetero) is 1. The van der Waals surface area contributed by atoms with Crippen LogP contribution < -0.4 is 5.32 Å². The fourth-order valence-electron chi connectivity index (χ4n) is 1.25. The molecule has 0 saturated heterocycles. The van der Waals surface area contributed by atoms with E-state index in [1.165, 1.54) is 6.92 Å². The number of nitrogens with one attached hydrogen (secondary N) is 1. The minimum atomic E-state index is -0.308. The Labute approximate surface area is 84.7 Å². The van der Waals surface area contributed by atoms with Crippen LogP contribution >= 0.6 is 0 Å². The third-order valence-electron chi connectivity index (χ3n) is 1.75. The highest BCUT2D eigenvalue weighted by Gasteiger charge is 2.13. The van der Waals surface area contributed by atoms with Crippen LogP contribution in [0.1, 0.15) is 33.6 Å². The lowest BCUT2D eigenvalue weighted by atomic mass is 10.0. The van der Waals surface area contributed by atoms with Gasteiger partial charge < -0.3 is 10.4 Å². The second-order valence-corrected chi connectivity index (χ2v) is 3.96. The monoisotopic (exact) mass is 201 g/mol. The zero-order chi connectivity index (χ0) is 11.1. The van der Waals surface area contributed by atoms with Gasteiger partial charge in [-0.25, -0.2) is 0 Å². The van der Waals surface area contributed by atoms with Crippen LogP contribution in [0.2, 0.25) is 0 Å². The van der Waals surface area contributed by atoms with Crippen molar-refractivity contribution >= 4 is 11.7 Å². The molecule has 4 nitrogen and oxygen atoms in total. The molecule has 0 fully saturated rings. The molecule has 0 aromatic rings. The van der Waals surface area contributed by atoms with Crippen molar-refractivity contribution in [1.82, 2.24) is 5.32 Å². The summed E-state index contributed by atoms with van der Waals surface area (Å²) in [5.41, 5.74) is 0. The van der Waals surface area contributed by atoms with E-state index in [0.29, 0.717) is 5.92 Å². The first kappa shape index (κ1) is 13.1. The number of hydrogen-bond acceptors (Lipinski definition) is 3. The average molecular weight is 201 g/mol. The van der Waals surface area contributed by atoms with Crippen LogP contribution in [0, 0.1) is 5.92 Å². The van der Waals surface area contributed by atoms with Crippen molar-refractivity contribution in [2.45, 2.75) is 39.7 Å². The predicted octanol–water partition coefficient (Wildman–Crippen LogP) is 0.489. The molecule has 14 heavy (non-hydrogen) atoms. The Morgan fingerprint density at radius 1 is 1.36 bits per heavy atom. The molecule has 0 saturated carbocycles. The van der Waals surface area contributed by atoms with E-state index >= 15 is 0 Å². The number of rotatable bonds is 6. The number of ketones is 1. The topological polar surface area (TPSA) is 66.4 Å². The van der Waals surface area contributed by atoms with E-state index in [4.69, 9.17) is 5.11 Å². The predicted molar refractivity (Wildman–Crippen MR) is 53.8 cm³/mol. The fourth-order valence-corrected chi connectivity index (χ4v) is 1.25. The zero-order valence-electron chi connectivity index (χ0n) is 9.04. The van der Waals surface area contributed by atoms with Gasteiger partial charge in [-0.2, -0.15) is 0 Å². The molecule has 0 aliphatic rings. The highest BCUT2D eigenvalue weighted by Crippen LogP contribution is 2.04. The van der Waals surface area contributed by atoms with Gasteiger partial charge in [-0.3, -0.25) is 9.59 Å². The molecule has 0 aliphatic carbocycles. The lowest BCUT2D eigenvalue weighted by Gasteiger charge is -2.17. The van der Waals surface area contributed by atoms with Crippen molar-refractivity contribution in [3.05, 3.63) is 0 Å². The van der Waals surface area contributed by atoms with Crippen molar-refractivity contribution < 1.29 is 14.7 Å². The van der Waals surface area contributed by atoms with Gasteiger partial charge in [0.1, 0.15) is 5.78 Å². The largest absolute Gasteiger partial charge is 0.394 e. The van der Waals surface area contributed by atoms with Crippen molar-refractivity contribution in [2.75, 3.05) is 6.61 Å². The summed E-state index contributed by atoms with van der Waals surface area (Å²) in [5.74, 6) is -0.0642. The van der Waals surface area contributed by atoms with E-state index in [9.17, 15) is 9.59 Å². The number of carbonyl (C=O) groups excluding carboxylic acids is 2. The molecule has 1 amide bonds. The summed E-state index contributed by atoms with van der Waals surface area (Å²) in [6.45, 7) is 5.32. The number of aliphatic hydroxyl groups is 1. The number of amides is 1. The third-order valence-corrected chi connectivity index (χ3v) is 1.75. The summed E-state index contributed by atoms with van der Waals surface area (Å²) in [6, 6.07) is -0.234. The molecule has 0 rings (SSSR count). The van der Waals surface area contributed by atoms with E-state index < -0.39 is 0 Å². The lowest BCUT2D eigenvalue weighted by Crippen LogP contribution is -2.39. The summed E-state index contributed by atoms with van der Waals surface area (Å²) >= 11 is 0. The molecule has 1 atom stereocenters. The standard InChI is InChI=1S/C10H19NO3/c1-7(2)4-9(6-12)11-10(14)5-8(3)13/h7,9,12H,4-6H2,1-3H3,(H,11,14)/t9-/m0/s1.